The number of carbonyl (C=O) groups excluding carboxylic acids is 1. The van der Waals surface area contributed by atoms with Gasteiger partial charge >= 0.3 is 0 Å². The molecule has 1 aromatic carbocycles. The molecule has 74 valence electrons. The van der Waals surface area contributed by atoms with Crippen LogP contribution in [0.5, 0.6) is 0 Å². The summed E-state index contributed by atoms with van der Waals surface area (Å²) < 4.78 is 12.9. The maximum Gasteiger partial charge on any atom is 0.221 e. The topological polar surface area (TPSA) is 69.1 Å². The van der Waals surface area contributed by atoms with Crippen LogP contribution in [0.4, 0.5) is 10.1 Å². The SMILES string of the molecule is NC(=O)CC=Cc1ccc(N)c(F)c1. The molecule has 0 aliphatic heterocycles. The fourth-order valence-electron chi connectivity index (χ4n) is 0.958. The number of amides is 1. The molecule has 4 heteroatoms. The van der Waals surface area contributed by atoms with Gasteiger partial charge in [0.2, 0.25) is 5.91 Å². The molecule has 0 saturated carbocycles. The zero-order valence-corrected chi connectivity index (χ0v) is 7.53. The Morgan fingerprint density at radius 2 is 2.21 bits per heavy atom. The molecule has 0 aliphatic rings. The van der Waals surface area contributed by atoms with Crippen LogP contribution in [0, 0.1) is 5.82 Å². The molecular weight excluding hydrogens is 183 g/mol. The van der Waals surface area contributed by atoms with Gasteiger partial charge in [-0.15, -0.1) is 0 Å². The quantitative estimate of drug-likeness (QED) is 0.712. The van der Waals surface area contributed by atoms with E-state index in [4.69, 9.17) is 11.5 Å². The lowest BCUT2D eigenvalue weighted by molar-refractivity contribution is -0.117. The van der Waals surface area contributed by atoms with E-state index in [0.29, 0.717) is 5.56 Å². The van der Waals surface area contributed by atoms with Crippen molar-refractivity contribution in [3.05, 3.63) is 35.7 Å². The minimum atomic E-state index is -0.466. The maximum absolute atomic E-state index is 12.9. The van der Waals surface area contributed by atoms with Crippen molar-refractivity contribution < 1.29 is 9.18 Å². The first kappa shape index (κ1) is 10.2. The number of nitrogens with two attached hydrogens (primary N) is 2. The Bertz CT molecular complexity index is 374. The molecule has 0 spiro atoms. The smallest absolute Gasteiger partial charge is 0.221 e. The average Bonchev–Trinajstić information content (AvgIpc) is 2.10. The van der Waals surface area contributed by atoms with Gasteiger partial charge < -0.3 is 11.5 Å². The second-order valence-electron chi connectivity index (χ2n) is 2.85. The summed E-state index contributed by atoms with van der Waals surface area (Å²) in [6, 6.07) is 4.43. The van der Waals surface area contributed by atoms with Gasteiger partial charge in [-0.3, -0.25) is 4.79 Å². The van der Waals surface area contributed by atoms with Gasteiger partial charge in [0, 0.05) is 6.42 Å². The van der Waals surface area contributed by atoms with Crippen molar-refractivity contribution >= 4 is 17.7 Å². The zero-order valence-electron chi connectivity index (χ0n) is 7.53. The standard InChI is InChI=1S/C10H11FN2O/c11-8-6-7(4-5-9(8)12)2-1-3-10(13)14/h1-2,4-6H,3,12H2,(H2,13,14). The van der Waals surface area contributed by atoms with E-state index >= 15 is 0 Å². The first-order valence-electron chi connectivity index (χ1n) is 4.09. The minimum absolute atomic E-state index is 0.108. The molecule has 14 heavy (non-hydrogen) atoms. The zero-order chi connectivity index (χ0) is 10.6. The molecular formula is C10H11FN2O. The molecule has 1 rings (SSSR count). The van der Waals surface area contributed by atoms with Crippen molar-refractivity contribution in [2.75, 3.05) is 5.73 Å². The number of anilines is 1. The van der Waals surface area contributed by atoms with E-state index in [-0.39, 0.29) is 12.1 Å². The van der Waals surface area contributed by atoms with Crippen molar-refractivity contribution in [2.45, 2.75) is 6.42 Å². The summed E-state index contributed by atoms with van der Waals surface area (Å²) in [5.74, 6) is -0.886. The lowest BCUT2D eigenvalue weighted by atomic mass is 10.2. The molecule has 0 saturated heterocycles. The number of benzene rings is 1. The van der Waals surface area contributed by atoms with E-state index in [1.807, 2.05) is 0 Å². The summed E-state index contributed by atoms with van der Waals surface area (Å²) in [6.45, 7) is 0. The van der Waals surface area contributed by atoms with Crippen molar-refractivity contribution in [2.24, 2.45) is 5.73 Å². The summed E-state index contributed by atoms with van der Waals surface area (Å²) >= 11 is 0. The van der Waals surface area contributed by atoms with Gasteiger partial charge in [0.25, 0.3) is 0 Å². The van der Waals surface area contributed by atoms with Crippen LogP contribution >= 0.6 is 0 Å². The second-order valence-corrected chi connectivity index (χ2v) is 2.85. The van der Waals surface area contributed by atoms with Crippen molar-refractivity contribution in [1.29, 1.82) is 0 Å². The highest BCUT2D eigenvalue weighted by atomic mass is 19.1. The van der Waals surface area contributed by atoms with E-state index in [1.165, 1.54) is 12.1 Å². The molecule has 0 aromatic heterocycles. The maximum atomic E-state index is 12.9. The summed E-state index contributed by atoms with van der Waals surface area (Å²) in [5, 5.41) is 0. The van der Waals surface area contributed by atoms with Gasteiger partial charge in [-0.2, -0.15) is 0 Å². The number of carbonyl (C=O) groups is 1. The monoisotopic (exact) mass is 194 g/mol. The normalized spacial score (nSPS) is 10.6. The first-order valence-corrected chi connectivity index (χ1v) is 4.09. The summed E-state index contributed by atoms with van der Waals surface area (Å²) in [6.07, 6.45) is 3.34. The summed E-state index contributed by atoms with van der Waals surface area (Å²) in [4.78, 5) is 10.4. The Labute approximate surface area is 81.2 Å². The average molecular weight is 194 g/mol. The molecule has 1 amide bonds. The minimum Gasteiger partial charge on any atom is -0.396 e. The third-order valence-electron chi connectivity index (χ3n) is 1.65. The van der Waals surface area contributed by atoms with Crippen LogP contribution in [-0.4, -0.2) is 5.91 Å². The van der Waals surface area contributed by atoms with Crippen LogP contribution in [-0.2, 0) is 4.79 Å². The number of halogens is 1. The number of rotatable bonds is 3. The Kier molecular flexibility index (Phi) is 3.23. The van der Waals surface area contributed by atoms with Crippen molar-refractivity contribution in [3.8, 4) is 0 Å². The van der Waals surface area contributed by atoms with E-state index in [0.717, 1.165) is 0 Å². The van der Waals surface area contributed by atoms with Crippen LogP contribution in [0.3, 0.4) is 0 Å². The van der Waals surface area contributed by atoms with Crippen LogP contribution in [0.15, 0.2) is 24.3 Å². The lowest BCUT2D eigenvalue weighted by Gasteiger charge is -1.97. The van der Waals surface area contributed by atoms with E-state index in [9.17, 15) is 9.18 Å². The van der Waals surface area contributed by atoms with Crippen LogP contribution in [0.1, 0.15) is 12.0 Å². The van der Waals surface area contributed by atoms with Crippen LogP contribution < -0.4 is 11.5 Å². The summed E-state index contributed by atoms with van der Waals surface area (Å²) in [7, 11) is 0. The van der Waals surface area contributed by atoms with Crippen LogP contribution in [0.25, 0.3) is 6.08 Å². The van der Waals surface area contributed by atoms with Gasteiger partial charge in [-0.1, -0.05) is 18.2 Å². The van der Waals surface area contributed by atoms with Gasteiger partial charge in [0.05, 0.1) is 5.69 Å². The van der Waals surface area contributed by atoms with E-state index < -0.39 is 11.7 Å². The number of primary amides is 1. The van der Waals surface area contributed by atoms with Crippen molar-refractivity contribution in [3.63, 3.8) is 0 Å². The molecule has 0 fully saturated rings. The van der Waals surface area contributed by atoms with Gasteiger partial charge in [0.1, 0.15) is 5.82 Å². The fourth-order valence-corrected chi connectivity index (χ4v) is 0.958. The first-order chi connectivity index (χ1) is 6.59. The highest BCUT2D eigenvalue weighted by Crippen LogP contribution is 2.13. The molecule has 0 atom stereocenters. The predicted molar refractivity (Wildman–Crippen MR) is 53.7 cm³/mol. The van der Waals surface area contributed by atoms with E-state index in [1.54, 1.807) is 18.2 Å². The van der Waals surface area contributed by atoms with Gasteiger partial charge in [-0.25, -0.2) is 4.39 Å². The molecule has 0 heterocycles. The van der Waals surface area contributed by atoms with Gasteiger partial charge in [0.15, 0.2) is 0 Å². The Hall–Kier alpha value is -1.84. The summed E-state index contributed by atoms with van der Waals surface area (Å²) in [5.41, 5.74) is 11.0. The Morgan fingerprint density at radius 1 is 1.50 bits per heavy atom. The molecule has 3 nitrogen and oxygen atoms in total. The highest BCUT2D eigenvalue weighted by Gasteiger charge is 1.96. The molecule has 0 radical (unpaired) electrons. The molecule has 0 unspecified atom stereocenters. The third-order valence-corrected chi connectivity index (χ3v) is 1.65. The second kappa shape index (κ2) is 4.41. The molecule has 1 aromatic rings. The Morgan fingerprint density at radius 3 is 2.79 bits per heavy atom. The third kappa shape index (κ3) is 2.90. The van der Waals surface area contributed by atoms with Crippen LogP contribution in [0.2, 0.25) is 0 Å². The number of hydrogen-bond acceptors (Lipinski definition) is 2. The molecule has 0 bridgehead atoms. The lowest BCUT2D eigenvalue weighted by Crippen LogP contribution is -2.07. The van der Waals surface area contributed by atoms with Gasteiger partial charge in [-0.05, 0) is 17.7 Å². The Balaban J connectivity index is 2.73. The highest BCUT2D eigenvalue weighted by molar-refractivity contribution is 5.76. The van der Waals surface area contributed by atoms with Crippen molar-refractivity contribution in [1.82, 2.24) is 0 Å². The predicted octanol–water partition coefficient (Wildman–Crippen LogP) is 1.30. The molecule has 0 aliphatic carbocycles. The number of nitrogen functional groups attached to an aromatic ring is 1. The number of hydrogen-bond donors (Lipinski definition) is 2. The molecule has 4 N–H and O–H groups in total. The fraction of sp³-hybridized carbons (Fsp3) is 0.100. The largest absolute Gasteiger partial charge is 0.396 e. The van der Waals surface area contributed by atoms with E-state index in [2.05, 4.69) is 0 Å².